The van der Waals surface area contributed by atoms with Crippen molar-refractivity contribution in [3.63, 3.8) is 0 Å². The summed E-state index contributed by atoms with van der Waals surface area (Å²) in [5.74, 6) is 0. The second-order valence-electron chi connectivity index (χ2n) is 2.36. The van der Waals surface area contributed by atoms with Crippen molar-refractivity contribution in [1.82, 2.24) is 10.2 Å². The number of nitrogens with one attached hydrogen (secondary N) is 1. The fourth-order valence-corrected chi connectivity index (χ4v) is 1.27. The molecule has 1 saturated heterocycles. The molecule has 1 unspecified atom stereocenters. The number of fused-ring (bicyclic) bond motifs is 1. The van der Waals surface area contributed by atoms with Crippen molar-refractivity contribution in [2.24, 2.45) is 0 Å². The molecule has 2 heterocycles. The first-order chi connectivity index (χ1) is 4.47. The highest BCUT2D eigenvalue weighted by molar-refractivity contribution is 5.14. The lowest BCUT2D eigenvalue weighted by molar-refractivity contribution is 0.382. The van der Waals surface area contributed by atoms with Crippen LogP contribution in [0.25, 0.3) is 0 Å². The van der Waals surface area contributed by atoms with Gasteiger partial charge >= 0.3 is 0 Å². The average Bonchev–Trinajstić information content (AvgIpc) is 2.33. The minimum Gasteiger partial charge on any atom is -0.357 e. The van der Waals surface area contributed by atoms with Gasteiger partial charge in [0.05, 0.1) is 6.17 Å². The topological polar surface area (TPSA) is 15.3 Å². The molecule has 0 aromatic heterocycles. The predicted octanol–water partition coefficient (Wildman–Crippen LogP) is 0.301. The smallest absolute Gasteiger partial charge is 0.0985 e. The Morgan fingerprint density at radius 3 is 3.33 bits per heavy atom. The van der Waals surface area contributed by atoms with Crippen LogP contribution in [0.4, 0.5) is 0 Å². The normalized spacial score (nSPS) is 31.1. The molecule has 0 aromatic carbocycles. The third-order valence-corrected chi connectivity index (χ3v) is 1.76. The van der Waals surface area contributed by atoms with Gasteiger partial charge in [0.15, 0.2) is 0 Å². The van der Waals surface area contributed by atoms with Crippen molar-refractivity contribution < 1.29 is 0 Å². The Morgan fingerprint density at radius 2 is 2.44 bits per heavy atom. The quantitative estimate of drug-likeness (QED) is 0.497. The molecular weight excluding hydrogens is 112 g/mol. The van der Waals surface area contributed by atoms with Crippen LogP contribution in [0.15, 0.2) is 24.4 Å². The van der Waals surface area contributed by atoms with Crippen molar-refractivity contribution in [3.05, 3.63) is 24.4 Å². The van der Waals surface area contributed by atoms with E-state index in [-0.39, 0.29) is 0 Å². The first kappa shape index (κ1) is 5.06. The van der Waals surface area contributed by atoms with E-state index in [0.717, 1.165) is 13.1 Å². The highest BCUT2D eigenvalue weighted by Gasteiger charge is 2.18. The first-order valence-corrected chi connectivity index (χ1v) is 3.31. The molecule has 0 saturated carbocycles. The Kier molecular flexibility index (Phi) is 1.06. The summed E-state index contributed by atoms with van der Waals surface area (Å²) in [6.45, 7) is 2.25. The van der Waals surface area contributed by atoms with Crippen LogP contribution < -0.4 is 5.32 Å². The van der Waals surface area contributed by atoms with E-state index < -0.39 is 0 Å². The van der Waals surface area contributed by atoms with Gasteiger partial charge in [-0.25, -0.2) is 0 Å². The summed E-state index contributed by atoms with van der Waals surface area (Å²) in [6.07, 6.45) is 8.94. The molecule has 2 nitrogen and oxygen atoms in total. The van der Waals surface area contributed by atoms with E-state index in [2.05, 4.69) is 34.6 Å². The van der Waals surface area contributed by atoms with Crippen LogP contribution in [0.2, 0.25) is 0 Å². The van der Waals surface area contributed by atoms with Gasteiger partial charge in [-0.05, 0) is 12.2 Å². The summed E-state index contributed by atoms with van der Waals surface area (Å²) >= 11 is 0. The van der Waals surface area contributed by atoms with E-state index in [1.54, 1.807) is 0 Å². The molecule has 2 rings (SSSR count). The van der Waals surface area contributed by atoms with E-state index in [1.165, 1.54) is 0 Å². The second kappa shape index (κ2) is 1.88. The fraction of sp³-hybridized carbons (Fsp3) is 0.429. The Balaban J connectivity index is 2.18. The molecule has 0 aliphatic carbocycles. The van der Waals surface area contributed by atoms with Gasteiger partial charge in [0.1, 0.15) is 0 Å². The van der Waals surface area contributed by atoms with Gasteiger partial charge in [0.2, 0.25) is 0 Å². The monoisotopic (exact) mass is 122 g/mol. The zero-order valence-electron chi connectivity index (χ0n) is 5.25. The lowest BCUT2D eigenvalue weighted by Crippen LogP contribution is -2.30. The van der Waals surface area contributed by atoms with Gasteiger partial charge in [0.25, 0.3) is 0 Å². The molecule has 0 aromatic rings. The maximum absolute atomic E-state index is 3.35. The van der Waals surface area contributed by atoms with Crippen LogP contribution in [0.3, 0.4) is 0 Å². The third-order valence-electron chi connectivity index (χ3n) is 1.76. The van der Waals surface area contributed by atoms with Crippen LogP contribution in [0.1, 0.15) is 0 Å². The molecule has 1 fully saturated rings. The van der Waals surface area contributed by atoms with Crippen molar-refractivity contribution >= 4 is 0 Å². The lowest BCUT2D eigenvalue weighted by atomic mass is 10.3. The standard InChI is InChI=1S/C7H10N2/c1-2-5-9-6-4-8-7(9)3-1/h1-3,5,7-8H,4,6H2. The van der Waals surface area contributed by atoms with Crippen molar-refractivity contribution in [2.45, 2.75) is 6.17 Å². The molecular formula is C7H10N2. The summed E-state index contributed by atoms with van der Waals surface area (Å²) in [5.41, 5.74) is 0. The first-order valence-electron chi connectivity index (χ1n) is 3.31. The number of nitrogens with zero attached hydrogens (tertiary/aromatic N) is 1. The fourth-order valence-electron chi connectivity index (χ4n) is 1.27. The van der Waals surface area contributed by atoms with E-state index in [0.29, 0.717) is 6.17 Å². The molecule has 0 amide bonds. The zero-order chi connectivity index (χ0) is 6.10. The Morgan fingerprint density at radius 1 is 1.44 bits per heavy atom. The SMILES string of the molecule is C1=CC2NCCN2C=C1. The third kappa shape index (κ3) is 0.754. The molecule has 0 bridgehead atoms. The molecule has 48 valence electrons. The van der Waals surface area contributed by atoms with Gasteiger partial charge in [0, 0.05) is 19.3 Å². The van der Waals surface area contributed by atoms with Gasteiger partial charge < -0.3 is 4.90 Å². The van der Waals surface area contributed by atoms with Crippen LogP contribution in [0.5, 0.6) is 0 Å². The van der Waals surface area contributed by atoms with Gasteiger partial charge in [-0.15, -0.1) is 0 Å². The summed E-state index contributed by atoms with van der Waals surface area (Å²) < 4.78 is 0. The average molecular weight is 122 g/mol. The van der Waals surface area contributed by atoms with Crippen molar-refractivity contribution in [2.75, 3.05) is 13.1 Å². The lowest BCUT2D eigenvalue weighted by Gasteiger charge is -2.20. The molecule has 2 aliphatic heterocycles. The minimum absolute atomic E-state index is 0.481. The molecule has 9 heavy (non-hydrogen) atoms. The van der Waals surface area contributed by atoms with E-state index in [1.807, 2.05) is 0 Å². The molecule has 1 atom stereocenters. The predicted molar refractivity (Wildman–Crippen MR) is 36.8 cm³/mol. The molecule has 1 N–H and O–H groups in total. The minimum atomic E-state index is 0.481. The highest BCUT2D eigenvalue weighted by atomic mass is 15.3. The largest absolute Gasteiger partial charge is 0.357 e. The van der Waals surface area contributed by atoms with Crippen molar-refractivity contribution in [3.8, 4) is 0 Å². The summed E-state index contributed by atoms with van der Waals surface area (Å²) in [6, 6.07) is 0. The van der Waals surface area contributed by atoms with Crippen LogP contribution in [-0.2, 0) is 0 Å². The van der Waals surface area contributed by atoms with Gasteiger partial charge in [-0.3, -0.25) is 5.32 Å². The highest BCUT2D eigenvalue weighted by Crippen LogP contribution is 2.08. The zero-order valence-corrected chi connectivity index (χ0v) is 5.25. The Labute approximate surface area is 54.8 Å². The van der Waals surface area contributed by atoms with E-state index in [4.69, 9.17) is 0 Å². The number of allylic oxidation sites excluding steroid dienone is 2. The Hall–Kier alpha value is -0.760. The number of hydrogen-bond donors (Lipinski definition) is 1. The number of hydrogen-bond acceptors (Lipinski definition) is 2. The maximum Gasteiger partial charge on any atom is 0.0985 e. The summed E-state index contributed by atoms with van der Waals surface area (Å²) in [5, 5.41) is 3.35. The van der Waals surface area contributed by atoms with Gasteiger partial charge in [-0.2, -0.15) is 0 Å². The van der Waals surface area contributed by atoms with Crippen LogP contribution in [-0.4, -0.2) is 24.2 Å². The molecule has 2 aliphatic rings. The summed E-state index contributed by atoms with van der Waals surface area (Å²) in [4.78, 5) is 2.29. The van der Waals surface area contributed by atoms with Gasteiger partial charge in [-0.1, -0.05) is 6.08 Å². The number of rotatable bonds is 0. The van der Waals surface area contributed by atoms with Crippen LogP contribution >= 0.6 is 0 Å². The van der Waals surface area contributed by atoms with E-state index in [9.17, 15) is 0 Å². The van der Waals surface area contributed by atoms with E-state index >= 15 is 0 Å². The molecule has 2 heteroatoms. The Bertz CT molecular complexity index is 142. The molecule has 0 radical (unpaired) electrons. The van der Waals surface area contributed by atoms with Crippen molar-refractivity contribution in [1.29, 1.82) is 0 Å². The second-order valence-corrected chi connectivity index (χ2v) is 2.36. The molecule has 0 spiro atoms. The maximum atomic E-state index is 3.35. The summed E-state index contributed by atoms with van der Waals surface area (Å²) in [7, 11) is 0. The van der Waals surface area contributed by atoms with Crippen LogP contribution in [0, 0.1) is 0 Å².